The number of nitrogens with two attached hydrogens (primary N) is 1. The van der Waals surface area contributed by atoms with E-state index in [9.17, 15) is 4.39 Å². The van der Waals surface area contributed by atoms with Crippen molar-refractivity contribution in [3.05, 3.63) is 52.1 Å². The summed E-state index contributed by atoms with van der Waals surface area (Å²) in [5.41, 5.74) is 3.99. The number of nitrogens with zero attached hydrogens (tertiary/aromatic N) is 3. The first kappa shape index (κ1) is 18.6. The van der Waals surface area contributed by atoms with Crippen LogP contribution in [-0.4, -0.2) is 28.1 Å². The molecule has 1 aliphatic heterocycles. The van der Waals surface area contributed by atoms with E-state index in [1.165, 1.54) is 19.9 Å². The number of hydrogen-bond donors (Lipinski definition) is 1. The van der Waals surface area contributed by atoms with E-state index in [0.717, 1.165) is 11.3 Å². The van der Waals surface area contributed by atoms with Gasteiger partial charge in [0.15, 0.2) is 5.67 Å². The molecule has 0 saturated carbocycles. The maximum atomic E-state index is 15.1. The summed E-state index contributed by atoms with van der Waals surface area (Å²) in [5, 5.41) is 4.88. The number of aliphatic imine (C=N–C) groups is 1. The van der Waals surface area contributed by atoms with E-state index in [1.807, 2.05) is 0 Å². The third kappa shape index (κ3) is 3.28. The molecule has 2 N–H and O–H groups in total. The van der Waals surface area contributed by atoms with E-state index >= 15 is 4.39 Å². The minimum absolute atomic E-state index is 0.146. The van der Waals surface area contributed by atoms with Gasteiger partial charge in [-0.2, -0.15) is 5.10 Å². The zero-order valence-electron chi connectivity index (χ0n) is 14.9. The van der Waals surface area contributed by atoms with Crippen molar-refractivity contribution in [3.63, 3.8) is 0 Å². The van der Waals surface area contributed by atoms with Crippen LogP contribution < -0.4 is 5.73 Å². The highest BCUT2D eigenvalue weighted by Crippen LogP contribution is 2.43. The molecule has 0 unspecified atom stereocenters. The monoisotopic (exact) mass is 382 g/mol. The van der Waals surface area contributed by atoms with Gasteiger partial charge in [0.25, 0.3) is 6.02 Å². The molecule has 140 valence electrons. The SMILES string of the molecule is Cn1cc(Cl)c(CCc2ccc(F)c([C@@]3(C)N=C(N)OC[C@]3(C)F)c2)n1. The second-order valence-corrected chi connectivity index (χ2v) is 7.33. The van der Waals surface area contributed by atoms with Gasteiger partial charge in [-0.25, -0.2) is 13.8 Å². The quantitative estimate of drug-likeness (QED) is 0.882. The summed E-state index contributed by atoms with van der Waals surface area (Å²) >= 11 is 6.13. The van der Waals surface area contributed by atoms with Crippen molar-refractivity contribution >= 4 is 17.6 Å². The molecule has 0 bridgehead atoms. The summed E-state index contributed by atoms with van der Waals surface area (Å²) in [6.07, 6.45) is 2.89. The van der Waals surface area contributed by atoms with Gasteiger partial charge < -0.3 is 10.5 Å². The van der Waals surface area contributed by atoms with Gasteiger partial charge in [0, 0.05) is 18.8 Å². The molecule has 0 aliphatic carbocycles. The Balaban J connectivity index is 1.92. The molecule has 26 heavy (non-hydrogen) atoms. The zero-order valence-corrected chi connectivity index (χ0v) is 15.6. The fraction of sp³-hybridized carbons (Fsp3) is 0.444. The van der Waals surface area contributed by atoms with Crippen LogP contribution in [0.1, 0.15) is 30.7 Å². The van der Waals surface area contributed by atoms with Crippen molar-refractivity contribution in [2.24, 2.45) is 17.8 Å². The first-order chi connectivity index (χ1) is 12.1. The zero-order chi connectivity index (χ0) is 19.1. The number of halogens is 3. The number of alkyl halides is 1. The third-order valence-electron chi connectivity index (χ3n) is 4.90. The van der Waals surface area contributed by atoms with Gasteiger partial charge in [-0.1, -0.05) is 23.7 Å². The van der Waals surface area contributed by atoms with E-state index in [0.29, 0.717) is 17.9 Å². The molecule has 0 spiro atoms. The van der Waals surface area contributed by atoms with Gasteiger partial charge in [-0.15, -0.1) is 0 Å². The summed E-state index contributed by atoms with van der Waals surface area (Å²) < 4.78 is 36.3. The molecular formula is C18H21ClF2N4O. The first-order valence-electron chi connectivity index (χ1n) is 8.26. The fourth-order valence-electron chi connectivity index (χ4n) is 3.10. The lowest BCUT2D eigenvalue weighted by molar-refractivity contribution is 0.00398. The molecule has 3 rings (SSSR count). The minimum atomic E-state index is -1.90. The van der Waals surface area contributed by atoms with Crippen LogP contribution in [0.4, 0.5) is 8.78 Å². The fourth-order valence-corrected chi connectivity index (χ4v) is 3.37. The molecule has 5 nitrogen and oxygen atoms in total. The van der Waals surface area contributed by atoms with Gasteiger partial charge >= 0.3 is 0 Å². The lowest BCUT2D eigenvalue weighted by Crippen LogP contribution is -2.52. The summed E-state index contributed by atoms with van der Waals surface area (Å²) in [4.78, 5) is 4.10. The van der Waals surface area contributed by atoms with Crippen molar-refractivity contribution in [1.82, 2.24) is 9.78 Å². The first-order valence-corrected chi connectivity index (χ1v) is 8.64. The number of amidine groups is 1. The van der Waals surface area contributed by atoms with Crippen LogP contribution in [0.25, 0.3) is 0 Å². The highest BCUT2D eigenvalue weighted by Gasteiger charge is 2.51. The Kier molecular flexibility index (Phi) is 4.69. The Morgan fingerprint density at radius 3 is 2.73 bits per heavy atom. The molecule has 0 fully saturated rings. The highest BCUT2D eigenvalue weighted by atomic mass is 35.5. The number of aryl methyl sites for hydroxylation is 3. The van der Waals surface area contributed by atoms with Crippen molar-refractivity contribution in [2.45, 2.75) is 37.9 Å². The second-order valence-electron chi connectivity index (χ2n) is 6.92. The number of aromatic nitrogens is 2. The van der Waals surface area contributed by atoms with E-state index in [2.05, 4.69) is 10.1 Å². The Morgan fingerprint density at radius 1 is 1.35 bits per heavy atom. The summed E-state index contributed by atoms with van der Waals surface area (Å²) in [6.45, 7) is 2.58. The predicted octanol–water partition coefficient (Wildman–Crippen LogP) is 3.29. The predicted molar refractivity (Wildman–Crippen MR) is 96.5 cm³/mol. The standard InChI is InChI=1S/C18H21ClF2N4O/c1-17(21)10-26-16(22)23-18(17,2)12-8-11(4-6-14(12)20)5-7-15-13(19)9-25(3)24-15/h4,6,8-9H,5,7,10H2,1-3H3,(H2,22,23)/t17-,18+/m0/s1. The molecule has 2 atom stereocenters. The minimum Gasteiger partial charge on any atom is -0.462 e. The number of benzene rings is 1. The Hall–Kier alpha value is -2.15. The molecule has 1 aromatic carbocycles. The summed E-state index contributed by atoms with van der Waals surface area (Å²) in [7, 11) is 1.79. The summed E-state index contributed by atoms with van der Waals surface area (Å²) in [5.74, 6) is -0.533. The molecular weight excluding hydrogens is 362 g/mol. The normalized spacial score (nSPS) is 25.7. The van der Waals surface area contributed by atoms with Crippen LogP contribution in [0.5, 0.6) is 0 Å². The Morgan fingerprint density at radius 2 is 2.08 bits per heavy atom. The molecule has 0 radical (unpaired) electrons. The van der Waals surface area contributed by atoms with Crippen molar-refractivity contribution < 1.29 is 13.5 Å². The van der Waals surface area contributed by atoms with Gasteiger partial charge in [-0.3, -0.25) is 4.68 Å². The average Bonchev–Trinajstić information content (AvgIpc) is 2.88. The van der Waals surface area contributed by atoms with Crippen LogP contribution in [-0.2, 0) is 30.2 Å². The van der Waals surface area contributed by atoms with E-state index in [-0.39, 0.29) is 18.2 Å². The van der Waals surface area contributed by atoms with Crippen molar-refractivity contribution in [2.75, 3.05) is 6.61 Å². The van der Waals surface area contributed by atoms with Crippen molar-refractivity contribution in [1.29, 1.82) is 0 Å². The topological polar surface area (TPSA) is 65.4 Å². The highest BCUT2D eigenvalue weighted by molar-refractivity contribution is 6.31. The maximum Gasteiger partial charge on any atom is 0.283 e. The van der Waals surface area contributed by atoms with Crippen molar-refractivity contribution in [3.8, 4) is 0 Å². The molecule has 1 aliphatic rings. The third-order valence-corrected chi connectivity index (χ3v) is 5.22. The van der Waals surface area contributed by atoms with E-state index in [1.54, 1.807) is 30.1 Å². The number of hydrogen-bond acceptors (Lipinski definition) is 4. The van der Waals surface area contributed by atoms with Gasteiger partial charge in [0.2, 0.25) is 0 Å². The molecule has 8 heteroatoms. The van der Waals surface area contributed by atoms with E-state index < -0.39 is 17.0 Å². The summed E-state index contributed by atoms with van der Waals surface area (Å²) in [6, 6.07) is 4.48. The average molecular weight is 383 g/mol. The maximum absolute atomic E-state index is 15.1. The molecule has 2 aromatic rings. The lowest BCUT2D eigenvalue weighted by Gasteiger charge is -2.40. The van der Waals surface area contributed by atoms with Crippen LogP contribution in [0, 0.1) is 5.82 Å². The van der Waals surface area contributed by atoms with Gasteiger partial charge in [-0.05, 0) is 38.3 Å². The largest absolute Gasteiger partial charge is 0.462 e. The molecule has 0 amide bonds. The van der Waals surface area contributed by atoms with Crippen LogP contribution >= 0.6 is 11.6 Å². The van der Waals surface area contributed by atoms with Crippen LogP contribution in [0.2, 0.25) is 5.02 Å². The number of rotatable bonds is 4. The second kappa shape index (κ2) is 6.54. The lowest BCUT2D eigenvalue weighted by atomic mass is 9.77. The molecule has 1 aromatic heterocycles. The smallest absolute Gasteiger partial charge is 0.283 e. The molecule has 2 heterocycles. The van der Waals surface area contributed by atoms with Gasteiger partial charge in [0.05, 0.1) is 10.7 Å². The molecule has 0 saturated heterocycles. The Bertz CT molecular complexity index is 865. The van der Waals surface area contributed by atoms with Gasteiger partial charge in [0.1, 0.15) is 18.0 Å². The van der Waals surface area contributed by atoms with E-state index in [4.69, 9.17) is 22.1 Å². The van der Waals surface area contributed by atoms with Crippen LogP contribution in [0.15, 0.2) is 29.4 Å². The van der Waals surface area contributed by atoms with Crippen LogP contribution in [0.3, 0.4) is 0 Å². The number of ether oxygens (including phenoxy) is 1. The Labute approximate surface area is 155 Å².